The Hall–Kier alpha value is -2.93. The third kappa shape index (κ3) is 5.57. The van der Waals surface area contributed by atoms with E-state index in [4.69, 9.17) is 16.3 Å². The van der Waals surface area contributed by atoms with Gasteiger partial charge in [-0.25, -0.2) is 4.79 Å². The number of amides is 1. The Morgan fingerprint density at radius 1 is 1.17 bits per heavy atom. The number of carboxylic acid groups (broad SMARTS) is 1. The fourth-order valence-corrected chi connectivity index (χ4v) is 3.70. The number of ether oxygens (including phenoxy) is 1. The Balaban J connectivity index is 1.64. The van der Waals surface area contributed by atoms with E-state index < -0.39 is 5.97 Å². The third-order valence-corrected chi connectivity index (χ3v) is 5.50. The number of hydrogen-bond donors (Lipinski definition) is 2. The van der Waals surface area contributed by atoms with Gasteiger partial charge in [0.2, 0.25) is 5.91 Å². The molecule has 0 unspecified atom stereocenters. The normalized spacial score (nSPS) is 22.7. The van der Waals surface area contributed by atoms with Crippen LogP contribution in [-0.2, 0) is 9.59 Å². The number of allylic oxidation sites excluding steroid dienone is 3. The van der Waals surface area contributed by atoms with Crippen molar-refractivity contribution >= 4 is 29.2 Å². The molecule has 0 aliphatic carbocycles. The quantitative estimate of drug-likeness (QED) is 0.746. The van der Waals surface area contributed by atoms with Crippen molar-refractivity contribution in [2.24, 2.45) is 0 Å². The zero-order chi connectivity index (χ0) is 21.5. The minimum absolute atomic E-state index is 0.0534. The number of nitrogens with one attached hydrogen (secondary N) is 1. The highest BCUT2D eigenvalue weighted by Crippen LogP contribution is 2.22. The number of rotatable bonds is 5. The van der Waals surface area contributed by atoms with E-state index in [1.807, 2.05) is 24.3 Å². The lowest BCUT2D eigenvalue weighted by Gasteiger charge is -2.36. The van der Waals surface area contributed by atoms with E-state index in [1.165, 1.54) is 0 Å². The van der Waals surface area contributed by atoms with Gasteiger partial charge in [0, 0.05) is 43.4 Å². The maximum atomic E-state index is 12.9. The van der Waals surface area contributed by atoms with Crippen molar-refractivity contribution in [3.63, 3.8) is 0 Å². The van der Waals surface area contributed by atoms with Gasteiger partial charge in [-0.15, -0.1) is 0 Å². The van der Waals surface area contributed by atoms with Crippen LogP contribution in [0.4, 0.5) is 5.69 Å². The van der Waals surface area contributed by atoms with Gasteiger partial charge < -0.3 is 25.0 Å². The second-order valence-electron chi connectivity index (χ2n) is 7.10. The molecule has 0 spiro atoms. The number of aliphatic carboxylic acids is 1. The van der Waals surface area contributed by atoms with Crippen LogP contribution in [0.25, 0.3) is 0 Å². The molecule has 2 aliphatic rings. The maximum Gasteiger partial charge on any atom is 0.351 e. The number of methoxy groups -OCH3 is 1. The van der Waals surface area contributed by atoms with Crippen LogP contribution in [0.1, 0.15) is 12.8 Å². The summed E-state index contributed by atoms with van der Waals surface area (Å²) in [6.07, 6.45) is 5.58. The van der Waals surface area contributed by atoms with Crippen LogP contribution in [0.5, 0.6) is 5.75 Å². The molecule has 8 heteroatoms. The standard InChI is InChI=1S/C22H26ClN3O4/c1-30-19-8-6-18(7-9-19)25-11-13-26(14-12-25)20(27)15-16-4-5-17(23)3-2-10-24-21(16)22(28)29/h2-3,5-9,24H,4,10-15H2,1H3,(H,28,29)/b3-2-,17-5+,21-16+. The molecule has 0 saturated carbocycles. The molecule has 0 atom stereocenters. The monoisotopic (exact) mass is 431 g/mol. The van der Waals surface area contributed by atoms with Gasteiger partial charge in [-0.3, -0.25) is 4.79 Å². The van der Waals surface area contributed by atoms with Crippen LogP contribution in [0.2, 0.25) is 0 Å². The summed E-state index contributed by atoms with van der Waals surface area (Å²) in [6.45, 7) is 2.95. The second kappa shape index (κ2) is 10.2. The first-order valence-corrected chi connectivity index (χ1v) is 10.2. The first-order chi connectivity index (χ1) is 14.5. The predicted molar refractivity (Wildman–Crippen MR) is 117 cm³/mol. The Bertz CT molecular complexity index is 869. The number of nitrogens with zero attached hydrogens (tertiary/aromatic N) is 2. The van der Waals surface area contributed by atoms with Gasteiger partial charge in [0.05, 0.1) is 13.5 Å². The lowest BCUT2D eigenvalue weighted by atomic mass is 10.0. The van der Waals surface area contributed by atoms with Gasteiger partial charge in [-0.05, 0) is 42.3 Å². The number of anilines is 1. The molecule has 0 aromatic heterocycles. The molecule has 2 heterocycles. The topological polar surface area (TPSA) is 82.1 Å². The molecule has 0 radical (unpaired) electrons. The minimum Gasteiger partial charge on any atom is -0.497 e. The van der Waals surface area contributed by atoms with Crippen LogP contribution in [0, 0.1) is 0 Å². The molecule has 160 valence electrons. The van der Waals surface area contributed by atoms with Crippen LogP contribution >= 0.6 is 11.6 Å². The predicted octanol–water partition coefficient (Wildman–Crippen LogP) is 2.74. The van der Waals surface area contributed by atoms with E-state index in [1.54, 1.807) is 30.2 Å². The van der Waals surface area contributed by atoms with Crippen molar-refractivity contribution in [3.05, 3.63) is 58.8 Å². The Labute approximate surface area is 181 Å². The van der Waals surface area contributed by atoms with Gasteiger partial charge >= 0.3 is 5.97 Å². The number of hydrogen-bond acceptors (Lipinski definition) is 5. The molecule has 2 aliphatic heterocycles. The Kier molecular flexibility index (Phi) is 7.41. The number of carbonyl (C=O) groups excluding carboxylic acids is 1. The van der Waals surface area contributed by atoms with Crippen LogP contribution in [0.15, 0.2) is 58.8 Å². The van der Waals surface area contributed by atoms with E-state index in [0.717, 1.165) is 24.5 Å². The summed E-state index contributed by atoms with van der Waals surface area (Å²) in [4.78, 5) is 28.6. The number of halogens is 1. The Morgan fingerprint density at radius 2 is 1.87 bits per heavy atom. The molecule has 0 bridgehead atoms. The summed E-state index contributed by atoms with van der Waals surface area (Å²) in [5.41, 5.74) is 1.70. The Morgan fingerprint density at radius 3 is 2.50 bits per heavy atom. The van der Waals surface area contributed by atoms with Gasteiger partial charge in [-0.2, -0.15) is 0 Å². The largest absolute Gasteiger partial charge is 0.497 e. The molecule has 1 aromatic carbocycles. The highest BCUT2D eigenvalue weighted by atomic mass is 35.5. The smallest absolute Gasteiger partial charge is 0.351 e. The molecule has 7 nitrogen and oxygen atoms in total. The van der Waals surface area contributed by atoms with E-state index in [2.05, 4.69) is 10.2 Å². The lowest BCUT2D eigenvalue weighted by Crippen LogP contribution is -2.49. The van der Waals surface area contributed by atoms with Gasteiger partial charge in [0.1, 0.15) is 11.4 Å². The SMILES string of the molecule is COc1ccc(N2CCN(C(=O)C/C3=C(\C(=O)O)NC/C=C\C(Cl)=C/C3)CC2)cc1. The number of carbonyl (C=O) groups is 2. The summed E-state index contributed by atoms with van der Waals surface area (Å²) in [5, 5.41) is 13.0. The van der Waals surface area contributed by atoms with Crippen molar-refractivity contribution in [1.29, 1.82) is 0 Å². The summed E-state index contributed by atoms with van der Waals surface area (Å²) < 4.78 is 5.19. The molecule has 1 fully saturated rings. The number of carboxylic acids is 1. The summed E-state index contributed by atoms with van der Waals surface area (Å²) in [5.74, 6) is -0.332. The van der Waals surface area contributed by atoms with E-state index in [9.17, 15) is 14.7 Å². The van der Waals surface area contributed by atoms with Crippen LogP contribution in [-0.4, -0.2) is 61.7 Å². The first kappa shape index (κ1) is 21.8. The average Bonchev–Trinajstić information content (AvgIpc) is 2.85. The average molecular weight is 432 g/mol. The molecule has 3 rings (SSSR count). The summed E-state index contributed by atoms with van der Waals surface area (Å²) in [6, 6.07) is 7.86. The highest BCUT2D eigenvalue weighted by molar-refractivity contribution is 6.31. The van der Waals surface area contributed by atoms with Crippen molar-refractivity contribution in [1.82, 2.24) is 10.2 Å². The van der Waals surface area contributed by atoms with Crippen LogP contribution < -0.4 is 15.0 Å². The maximum absolute atomic E-state index is 12.9. The highest BCUT2D eigenvalue weighted by Gasteiger charge is 2.24. The molecule has 2 N–H and O–H groups in total. The summed E-state index contributed by atoms with van der Waals surface area (Å²) >= 11 is 6.11. The van der Waals surface area contributed by atoms with Crippen molar-refractivity contribution in [2.45, 2.75) is 12.8 Å². The molecule has 1 aromatic rings. The lowest BCUT2D eigenvalue weighted by molar-refractivity contribution is -0.133. The zero-order valence-corrected chi connectivity index (χ0v) is 17.7. The molecule has 1 saturated heterocycles. The first-order valence-electron chi connectivity index (χ1n) is 9.86. The molecule has 1 amide bonds. The number of piperazine rings is 1. The molecular formula is C22H26ClN3O4. The molecule has 30 heavy (non-hydrogen) atoms. The van der Waals surface area contributed by atoms with Crippen molar-refractivity contribution in [2.75, 3.05) is 44.7 Å². The fourth-order valence-electron chi connectivity index (χ4n) is 3.54. The minimum atomic E-state index is -1.07. The summed E-state index contributed by atoms with van der Waals surface area (Å²) in [7, 11) is 1.64. The van der Waals surface area contributed by atoms with Crippen molar-refractivity contribution in [3.8, 4) is 5.75 Å². The van der Waals surface area contributed by atoms with Gasteiger partial charge in [-0.1, -0.05) is 23.8 Å². The van der Waals surface area contributed by atoms with Crippen LogP contribution in [0.3, 0.4) is 0 Å². The molecular weight excluding hydrogens is 406 g/mol. The fraction of sp³-hybridized carbons (Fsp3) is 0.364. The van der Waals surface area contributed by atoms with E-state index >= 15 is 0 Å². The second-order valence-corrected chi connectivity index (χ2v) is 7.54. The van der Waals surface area contributed by atoms with Gasteiger partial charge in [0.15, 0.2) is 0 Å². The zero-order valence-electron chi connectivity index (χ0n) is 16.9. The van der Waals surface area contributed by atoms with E-state index in [-0.39, 0.29) is 18.0 Å². The van der Waals surface area contributed by atoms with E-state index in [0.29, 0.717) is 36.7 Å². The van der Waals surface area contributed by atoms with Crippen molar-refractivity contribution < 1.29 is 19.4 Å². The van der Waals surface area contributed by atoms with Gasteiger partial charge in [0.25, 0.3) is 0 Å². The number of benzene rings is 1. The third-order valence-electron chi connectivity index (χ3n) is 5.22.